The summed E-state index contributed by atoms with van der Waals surface area (Å²) in [5.74, 6) is -1.69. The zero-order valence-electron chi connectivity index (χ0n) is 13.3. The Morgan fingerprint density at radius 2 is 1.67 bits per heavy atom. The smallest absolute Gasteiger partial charge is 0.141 e. The minimum Gasteiger partial charge on any atom is -0.398 e. The van der Waals surface area contributed by atoms with Crippen molar-refractivity contribution in [2.24, 2.45) is 5.92 Å². The number of carbonyl (C=O) groups excluding carboxylic acids is 2. The van der Waals surface area contributed by atoms with Crippen molar-refractivity contribution in [3.63, 3.8) is 0 Å². The lowest BCUT2D eigenvalue weighted by Gasteiger charge is -2.24. The van der Waals surface area contributed by atoms with Crippen molar-refractivity contribution in [3.05, 3.63) is 58.9 Å². The fourth-order valence-corrected chi connectivity index (χ4v) is 4.07. The van der Waals surface area contributed by atoms with Crippen LogP contribution < -0.4 is 5.73 Å². The fraction of sp³-hybridized carbons (Fsp3) is 0.222. The van der Waals surface area contributed by atoms with Gasteiger partial charge in [0.15, 0.2) is 0 Å². The Morgan fingerprint density at radius 1 is 1.08 bits per heavy atom. The lowest BCUT2D eigenvalue weighted by atomic mass is 9.92. The Kier molecular flexibility index (Phi) is 6.02. The van der Waals surface area contributed by atoms with E-state index < -0.39 is 11.2 Å². The molecule has 2 aromatic rings. The van der Waals surface area contributed by atoms with E-state index in [1.165, 1.54) is 37.7 Å². The van der Waals surface area contributed by atoms with Gasteiger partial charge in [-0.1, -0.05) is 23.7 Å². The van der Waals surface area contributed by atoms with Crippen LogP contribution in [0.2, 0.25) is 5.02 Å². The highest BCUT2D eigenvalue weighted by Crippen LogP contribution is 2.44. The SMILES string of the molecule is CC(=O)C(C(C)=O)C(Sc1ccc(Cl)cc1N)c1ccc(F)cc1. The van der Waals surface area contributed by atoms with Crippen molar-refractivity contribution < 1.29 is 14.0 Å². The first kappa shape index (κ1) is 18.5. The van der Waals surface area contributed by atoms with Gasteiger partial charge in [-0.05, 0) is 49.7 Å². The monoisotopic (exact) mass is 365 g/mol. The van der Waals surface area contributed by atoms with Gasteiger partial charge in [-0.3, -0.25) is 9.59 Å². The molecule has 3 nitrogen and oxygen atoms in total. The Labute approximate surface area is 149 Å². The zero-order chi connectivity index (χ0) is 17.9. The van der Waals surface area contributed by atoms with Gasteiger partial charge in [0, 0.05) is 15.6 Å². The first-order chi connectivity index (χ1) is 11.3. The number of hydrogen-bond donors (Lipinski definition) is 1. The van der Waals surface area contributed by atoms with E-state index in [0.717, 1.165) is 0 Å². The van der Waals surface area contributed by atoms with E-state index in [4.69, 9.17) is 17.3 Å². The number of benzene rings is 2. The maximum atomic E-state index is 13.2. The van der Waals surface area contributed by atoms with Gasteiger partial charge in [-0.15, -0.1) is 11.8 Å². The van der Waals surface area contributed by atoms with Gasteiger partial charge >= 0.3 is 0 Å². The van der Waals surface area contributed by atoms with E-state index in [2.05, 4.69) is 0 Å². The van der Waals surface area contributed by atoms with Crippen LogP contribution in [-0.4, -0.2) is 11.6 Å². The summed E-state index contributed by atoms with van der Waals surface area (Å²) in [5, 5.41) is 0.00828. The van der Waals surface area contributed by atoms with E-state index >= 15 is 0 Å². The van der Waals surface area contributed by atoms with Crippen LogP contribution in [0.4, 0.5) is 10.1 Å². The van der Waals surface area contributed by atoms with Gasteiger partial charge in [0.05, 0.1) is 11.2 Å². The first-order valence-corrected chi connectivity index (χ1v) is 8.53. The number of nitrogen functional groups attached to an aromatic ring is 1. The molecule has 0 saturated carbocycles. The summed E-state index contributed by atoms with van der Waals surface area (Å²) < 4.78 is 13.2. The second-order valence-electron chi connectivity index (χ2n) is 5.47. The molecule has 0 aliphatic carbocycles. The maximum Gasteiger partial charge on any atom is 0.141 e. The summed E-state index contributed by atoms with van der Waals surface area (Å²) in [6.45, 7) is 2.77. The summed E-state index contributed by atoms with van der Waals surface area (Å²) >= 11 is 7.21. The van der Waals surface area contributed by atoms with Gasteiger partial charge in [-0.2, -0.15) is 0 Å². The third-order valence-electron chi connectivity index (χ3n) is 3.60. The molecule has 0 amide bonds. The molecule has 0 saturated heterocycles. The topological polar surface area (TPSA) is 60.2 Å². The van der Waals surface area contributed by atoms with Gasteiger partial charge in [0.1, 0.15) is 17.4 Å². The standard InChI is InChI=1S/C18H17ClFNO2S/c1-10(22)17(11(2)23)18(12-3-6-14(20)7-4-12)24-16-8-5-13(19)9-15(16)21/h3-9,17-18H,21H2,1-2H3. The van der Waals surface area contributed by atoms with Crippen molar-refractivity contribution in [1.82, 2.24) is 0 Å². The van der Waals surface area contributed by atoms with Crippen LogP contribution in [0.5, 0.6) is 0 Å². The van der Waals surface area contributed by atoms with Crippen LogP contribution in [0.3, 0.4) is 0 Å². The molecule has 0 spiro atoms. The predicted octanol–water partition coefficient (Wildman–Crippen LogP) is 4.69. The Bertz CT molecular complexity index is 750. The summed E-state index contributed by atoms with van der Waals surface area (Å²) in [6, 6.07) is 10.8. The van der Waals surface area contributed by atoms with Crippen LogP contribution in [0, 0.1) is 11.7 Å². The van der Waals surface area contributed by atoms with E-state index in [-0.39, 0.29) is 17.4 Å². The van der Waals surface area contributed by atoms with Gasteiger partial charge < -0.3 is 5.73 Å². The summed E-state index contributed by atoms with van der Waals surface area (Å²) in [6.07, 6.45) is 0. The number of ketones is 2. The number of anilines is 1. The zero-order valence-corrected chi connectivity index (χ0v) is 14.8. The van der Waals surface area contributed by atoms with Crippen LogP contribution in [0.1, 0.15) is 24.7 Å². The third kappa shape index (κ3) is 4.36. The molecule has 0 bridgehead atoms. The molecule has 1 atom stereocenters. The molecule has 2 rings (SSSR count). The minimum absolute atomic E-state index is 0.239. The highest BCUT2D eigenvalue weighted by atomic mass is 35.5. The Hall–Kier alpha value is -1.85. The van der Waals surface area contributed by atoms with E-state index in [1.807, 2.05) is 0 Å². The lowest BCUT2D eigenvalue weighted by Crippen LogP contribution is -2.25. The molecule has 126 valence electrons. The molecule has 0 aliphatic rings. The number of carbonyl (C=O) groups is 2. The van der Waals surface area contributed by atoms with Crippen molar-refractivity contribution in [1.29, 1.82) is 0 Å². The molecular formula is C18H17ClFNO2S. The number of nitrogens with two attached hydrogens (primary N) is 1. The quantitative estimate of drug-likeness (QED) is 0.458. The van der Waals surface area contributed by atoms with Crippen molar-refractivity contribution >= 4 is 40.6 Å². The average molecular weight is 366 g/mol. The molecule has 0 heterocycles. The fourth-order valence-electron chi connectivity index (χ4n) is 2.46. The molecule has 2 aromatic carbocycles. The molecule has 0 radical (unpaired) electrons. The molecule has 1 unspecified atom stereocenters. The molecule has 24 heavy (non-hydrogen) atoms. The number of thioether (sulfide) groups is 1. The van der Waals surface area contributed by atoms with E-state index in [1.54, 1.807) is 30.3 Å². The Balaban J connectivity index is 2.47. The molecule has 0 aliphatic heterocycles. The highest BCUT2D eigenvalue weighted by Gasteiger charge is 2.32. The second-order valence-corrected chi connectivity index (χ2v) is 7.09. The Morgan fingerprint density at radius 3 is 2.17 bits per heavy atom. The van der Waals surface area contributed by atoms with Crippen molar-refractivity contribution in [2.45, 2.75) is 24.0 Å². The number of hydrogen-bond acceptors (Lipinski definition) is 4. The first-order valence-electron chi connectivity index (χ1n) is 7.27. The van der Waals surface area contributed by atoms with E-state index in [9.17, 15) is 14.0 Å². The average Bonchev–Trinajstić information content (AvgIpc) is 2.49. The van der Waals surface area contributed by atoms with E-state index in [0.29, 0.717) is 21.2 Å². The van der Waals surface area contributed by atoms with Crippen LogP contribution in [0.15, 0.2) is 47.4 Å². The lowest BCUT2D eigenvalue weighted by molar-refractivity contribution is -0.130. The number of rotatable bonds is 6. The van der Waals surface area contributed by atoms with Crippen molar-refractivity contribution in [3.8, 4) is 0 Å². The van der Waals surface area contributed by atoms with Crippen LogP contribution in [0.25, 0.3) is 0 Å². The molecule has 2 N–H and O–H groups in total. The number of Topliss-reactive ketones (excluding diaryl/α,β-unsaturated/α-hetero) is 2. The molecule has 6 heteroatoms. The minimum atomic E-state index is -0.837. The van der Waals surface area contributed by atoms with Crippen LogP contribution in [-0.2, 0) is 9.59 Å². The summed E-state index contributed by atoms with van der Waals surface area (Å²) in [4.78, 5) is 24.8. The van der Waals surface area contributed by atoms with Gasteiger partial charge in [0.2, 0.25) is 0 Å². The van der Waals surface area contributed by atoms with Gasteiger partial charge in [0.25, 0.3) is 0 Å². The molecule has 0 aromatic heterocycles. The molecular weight excluding hydrogens is 349 g/mol. The van der Waals surface area contributed by atoms with Gasteiger partial charge in [-0.25, -0.2) is 4.39 Å². The predicted molar refractivity (Wildman–Crippen MR) is 95.7 cm³/mol. The highest BCUT2D eigenvalue weighted by molar-refractivity contribution is 7.99. The second kappa shape index (κ2) is 7.81. The normalized spacial score (nSPS) is 12.2. The summed E-state index contributed by atoms with van der Waals surface area (Å²) in [5.41, 5.74) is 7.14. The maximum absolute atomic E-state index is 13.2. The molecule has 0 fully saturated rings. The number of halogens is 2. The third-order valence-corrected chi connectivity index (χ3v) is 5.26. The van der Waals surface area contributed by atoms with Crippen molar-refractivity contribution in [2.75, 3.05) is 5.73 Å². The summed E-state index contributed by atoms with van der Waals surface area (Å²) in [7, 11) is 0. The largest absolute Gasteiger partial charge is 0.398 e. The van der Waals surface area contributed by atoms with Crippen LogP contribution >= 0.6 is 23.4 Å².